The monoisotopic (exact) mass is 672 g/mol. The molecule has 2 unspecified atom stereocenters. The average molecular weight is 673 g/mol. The number of benzene rings is 3. The number of hydrogen-bond acceptors (Lipinski definition) is 5. The average Bonchev–Trinajstić information content (AvgIpc) is 3.26. The van der Waals surface area contributed by atoms with E-state index in [1.165, 1.54) is 4.90 Å². The maximum absolute atomic E-state index is 14.0. The van der Waals surface area contributed by atoms with Crippen LogP contribution in [0.15, 0.2) is 91.1 Å². The highest BCUT2D eigenvalue weighted by molar-refractivity contribution is 5.96. The fourth-order valence-corrected chi connectivity index (χ4v) is 6.16. The Balaban J connectivity index is 1.30. The Morgan fingerprint density at radius 3 is 2.41 bits per heavy atom. The quantitative estimate of drug-likeness (QED) is 0.219. The maximum Gasteiger partial charge on any atom is 0.471 e. The van der Waals surface area contributed by atoms with Gasteiger partial charge in [0.15, 0.2) is 5.78 Å². The Kier molecular flexibility index (Phi) is 11.1. The van der Waals surface area contributed by atoms with Gasteiger partial charge in [-0.1, -0.05) is 74.5 Å². The predicted molar refractivity (Wildman–Crippen MR) is 180 cm³/mol. The topological polar surface area (TPSA) is 99.7 Å². The molecule has 1 N–H and O–H groups in total. The third-order valence-electron chi connectivity index (χ3n) is 8.61. The van der Waals surface area contributed by atoms with Crippen LogP contribution in [-0.4, -0.2) is 69.6 Å². The van der Waals surface area contributed by atoms with Gasteiger partial charge in [0, 0.05) is 24.8 Å². The number of nitrogens with zero attached hydrogens (tertiary/aromatic N) is 3. The molecular formula is C38H39F3N4O4. The van der Waals surface area contributed by atoms with Crippen LogP contribution in [0.3, 0.4) is 0 Å². The van der Waals surface area contributed by atoms with Crippen molar-refractivity contribution in [2.75, 3.05) is 13.1 Å². The van der Waals surface area contributed by atoms with Crippen molar-refractivity contribution in [3.8, 4) is 11.3 Å². The number of fused-ring (bicyclic) bond motifs is 1. The molecule has 2 heterocycles. The summed E-state index contributed by atoms with van der Waals surface area (Å²) in [6, 6.07) is 22.9. The lowest BCUT2D eigenvalue weighted by Crippen LogP contribution is -2.56. The molecule has 5 rings (SSSR count). The second-order valence-corrected chi connectivity index (χ2v) is 12.8. The number of pyridine rings is 1. The van der Waals surface area contributed by atoms with Crippen molar-refractivity contribution in [2.24, 2.45) is 5.92 Å². The van der Waals surface area contributed by atoms with Gasteiger partial charge >= 0.3 is 12.1 Å². The molecule has 1 saturated heterocycles. The smallest absolute Gasteiger partial charge is 0.344 e. The normalized spacial score (nSPS) is 15.9. The van der Waals surface area contributed by atoms with E-state index in [-0.39, 0.29) is 44.2 Å². The summed E-state index contributed by atoms with van der Waals surface area (Å²) in [6.45, 7) is 3.09. The highest BCUT2D eigenvalue weighted by Gasteiger charge is 2.46. The van der Waals surface area contributed by atoms with E-state index in [9.17, 15) is 32.3 Å². The number of ketones is 1. The van der Waals surface area contributed by atoms with Crippen molar-refractivity contribution in [2.45, 2.75) is 64.3 Å². The first-order valence-corrected chi connectivity index (χ1v) is 16.4. The number of rotatable bonds is 10. The van der Waals surface area contributed by atoms with Gasteiger partial charge in [0.2, 0.25) is 11.8 Å². The first-order chi connectivity index (χ1) is 23.4. The summed E-state index contributed by atoms with van der Waals surface area (Å²) in [6.07, 6.45) is -2.92. The number of likely N-dealkylation sites (tertiary alicyclic amines) is 1. The predicted octanol–water partition coefficient (Wildman–Crippen LogP) is 6.13. The van der Waals surface area contributed by atoms with Gasteiger partial charge in [-0.25, -0.2) is 0 Å². The zero-order chi connectivity index (χ0) is 35.1. The molecule has 0 radical (unpaired) electrons. The summed E-state index contributed by atoms with van der Waals surface area (Å²) in [5.41, 5.74) is 2.81. The molecule has 4 aromatic rings. The van der Waals surface area contributed by atoms with Gasteiger partial charge in [-0.05, 0) is 71.3 Å². The fourth-order valence-electron chi connectivity index (χ4n) is 6.16. The van der Waals surface area contributed by atoms with E-state index >= 15 is 0 Å². The van der Waals surface area contributed by atoms with Crippen LogP contribution >= 0.6 is 0 Å². The van der Waals surface area contributed by atoms with Gasteiger partial charge < -0.3 is 15.1 Å². The molecule has 49 heavy (non-hydrogen) atoms. The number of hydrogen-bond donors (Lipinski definition) is 1. The third kappa shape index (κ3) is 9.10. The third-order valence-corrected chi connectivity index (χ3v) is 8.61. The number of amides is 3. The van der Waals surface area contributed by atoms with Crippen molar-refractivity contribution in [3.05, 3.63) is 102 Å². The Labute approximate surface area is 283 Å². The fraction of sp³-hybridized carbons (Fsp3) is 0.342. The van der Waals surface area contributed by atoms with Gasteiger partial charge in [0.05, 0.1) is 24.7 Å². The van der Waals surface area contributed by atoms with Crippen molar-refractivity contribution >= 4 is 34.3 Å². The molecule has 3 aromatic carbocycles. The van der Waals surface area contributed by atoms with E-state index in [4.69, 9.17) is 0 Å². The van der Waals surface area contributed by atoms with Gasteiger partial charge in [-0.3, -0.25) is 24.2 Å². The molecule has 0 saturated carbocycles. The van der Waals surface area contributed by atoms with Crippen molar-refractivity contribution in [3.63, 3.8) is 0 Å². The number of aromatic nitrogens is 1. The molecule has 1 aromatic heterocycles. The lowest BCUT2D eigenvalue weighted by atomic mass is 9.99. The summed E-state index contributed by atoms with van der Waals surface area (Å²) in [5.74, 6) is -3.89. The number of carbonyl (C=O) groups excluding carboxylic acids is 4. The Bertz CT molecular complexity index is 1810. The molecule has 11 heteroatoms. The van der Waals surface area contributed by atoms with E-state index in [0.29, 0.717) is 16.9 Å². The van der Waals surface area contributed by atoms with Crippen molar-refractivity contribution < 1.29 is 32.3 Å². The largest absolute Gasteiger partial charge is 0.471 e. The molecule has 0 spiro atoms. The van der Waals surface area contributed by atoms with Crippen LogP contribution < -0.4 is 5.32 Å². The van der Waals surface area contributed by atoms with Crippen LogP contribution in [0.25, 0.3) is 22.0 Å². The Morgan fingerprint density at radius 2 is 1.69 bits per heavy atom. The van der Waals surface area contributed by atoms with Crippen molar-refractivity contribution in [1.29, 1.82) is 0 Å². The lowest BCUT2D eigenvalue weighted by molar-refractivity contribution is -0.189. The maximum atomic E-state index is 14.0. The summed E-state index contributed by atoms with van der Waals surface area (Å²) in [5, 5.41) is 4.33. The molecule has 1 aliphatic heterocycles. The molecular weight excluding hydrogens is 633 g/mol. The number of alkyl halides is 3. The van der Waals surface area contributed by atoms with Crippen molar-refractivity contribution in [1.82, 2.24) is 20.1 Å². The molecule has 3 amide bonds. The van der Waals surface area contributed by atoms with Crippen LogP contribution in [0.1, 0.15) is 44.2 Å². The number of Topliss-reactive ketones (excluding diaryl/α,β-unsaturated/α-hetero) is 1. The zero-order valence-corrected chi connectivity index (χ0v) is 27.5. The van der Waals surface area contributed by atoms with E-state index in [1.54, 1.807) is 44.3 Å². The highest BCUT2D eigenvalue weighted by atomic mass is 19.4. The Hall–Kier alpha value is -5.06. The number of nitrogens with one attached hydrogen (secondary N) is 1. The van der Waals surface area contributed by atoms with Gasteiger partial charge in [0.1, 0.15) is 6.04 Å². The summed E-state index contributed by atoms with van der Waals surface area (Å²) in [4.78, 5) is 59.7. The van der Waals surface area contributed by atoms with Crippen LogP contribution in [0.2, 0.25) is 0 Å². The second kappa shape index (κ2) is 15.4. The minimum Gasteiger partial charge on any atom is -0.344 e. The van der Waals surface area contributed by atoms with Gasteiger partial charge in [0.25, 0.3) is 0 Å². The lowest BCUT2D eigenvalue weighted by Gasteiger charge is -2.33. The van der Waals surface area contributed by atoms with Crippen LogP contribution in [0.5, 0.6) is 0 Å². The van der Waals surface area contributed by atoms with Crippen LogP contribution in [0, 0.1) is 5.92 Å². The molecule has 2 atom stereocenters. The SMILES string of the molecule is CC(C)CC(C(=O)NC1CCCN(C(=O)Cc2cccc(-c3ccccn3)c2)CC1=O)N(Cc1ccc2ccccc2c1)C(=O)C(F)(F)F. The summed E-state index contributed by atoms with van der Waals surface area (Å²) < 4.78 is 41.9. The van der Waals surface area contributed by atoms with Gasteiger partial charge in [-0.15, -0.1) is 0 Å². The van der Waals surface area contributed by atoms with E-state index in [1.807, 2.05) is 60.7 Å². The van der Waals surface area contributed by atoms with Crippen LogP contribution in [0.4, 0.5) is 13.2 Å². The number of halogens is 3. The van der Waals surface area contributed by atoms with E-state index < -0.39 is 42.4 Å². The molecule has 0 aliphatic carbocycles. The first-order valence-electron chi connectivity index (χ1n) is 16.4. The van der Waals surface area contributed by atoms with Crippen LogP contribution in [-0.2, 0) is 32.1 Å². The summed E-state index contributed by atoms with van der Waals surface area (Å²) in [7, 11) is 0. The standard InChI is InChI=1S/C38H39F3N4O4/c1-25(2)19-33(45(37(49)38(39,40)41)23-27-15-16-28-10-3-4-11-29(28)21-27)36(48)43-32-14-8-18-44(24-34(32)46)35(47)22-26-9-7-12-30(20-26)31-13-5-6-17-42-31/h3-7,9-13,15-17,20-21,25,32-33H,8,14,18-19,22-24H2,1-2H3,(H,43,48). The van der Waals surface area contributed by atoms with E-state index in [0.717, 1.165) is 27.6 Å². The minimum atomic E-state index is -5.22. The molecule has 0 bridgehead atoms. The zero-order valence-electron chi connectivity index (χ0n) is 27.5. The van der Waals surface area contributed by atoms with E-state index in [2.05, 4.69) is 10.3 Å². The number of carbonyl (C=O) groups is 4. The minimum absolute atomic E-state index is 0.0513. The molecule has 256 valence electrons. The first kappa shape index (κ1) is 35.3. The second-order valence-electron chi connectivity index (χ2n) is 12.8. The molecule has 1 aliphatic rings. The Morgan fingerprint density at radius 1 is 0.939 bits per heavy atom. The van der Waals surface area contributed by atoms with Gasteiger partial charge in [-0.2, -0.15) is 13.2 Å². The molecule has 1 fully saturated rings. The molecule has 8 nitrogen and oxygen atoms in total. The highest BCUT2D eigenvalue weighted by Crippen LogP contribution is 2.27. The summed E-state index contributed by atoms with van der Waals surface area (Å²) >= 11 is 0.